The average molecular weight is 259 g/mol. The number of hydrogen-bond donors (Lipinski definition) is 2. The molecule has 0 amide bonds. The van der Waals surface area contributed by atoms with E-state index in [4.69, 9.17) is 11.6 Å². The molecule has 1 unspecified atom stereocenters. The van der Waals surface area contributed by atoms with Crippen LogP contribution in [0.5, 0.6) is 0 Å². The summed E-state index contributed by atoms with van der Waals surface area (Å²) in [5, 5.41) is 9.74. The van der Waals surface area contributed by atoms with Crippen molar-refractivity contribution < 1.29 is 4.84 Å². The molecule has 0 saturated heterocycles. The zero-order valence-corrected chi connectivity index (χ0v) is 10.7. The summed E-state index contributed by atoms with van der Waals surface area (Å²) in [6, 6.07) is -0.0807. The predicted octanol–water partition coefficient (Wildman–Crippen LogP) is 1.39. The lowest BCUT2D eigenvalue weighted by Crippen LogP contribution is -2.19. The maximum Gasteiger partial charge on any atom is 0.229 e. The number of nitrogens with zero attached hydrogens (tertiary/aromatic N) is 4. The number of rotatable bonds is 6. The van der Waals surface area contributed by atoms with Crippen molar-refractivity contribution in [2.24, 2.45) is 5.16 Å². The van der Waals surface area contributed by atoms with Crippen LogP contribution in [0.25, 0.3) is 0 Å². The second kappa shape index (κ2) is 6.85. The summed E-state index contributed by atoms with van der Waals surface area (Å²) in [5.74, 6) is 0.821. The first-order valence-electron chi connectivity index (χ1n) is 5.14. The van der Waals surface area contributed by atoms with Crippen molar-refractivity contribution in [3.8, 4) is 0 Å². The molecule has 0 fully saturated rings. The third-order valence-electron chi connectivity index (χ3n) is 1.69. The van der Waals surface area contributed by atoms with E-state index in [-0.39, 0.29) is 11.3 Å². The Balaban J connectivity index is 2.73. The summed E-state index contributed by atoms with van der Waals surface area (Å²) in [6.45, 7) is 4.53. The van der Waals surface area contributed by atoms with Crippen LogP contribution in [0.1, 0.15) is 13.8 Å². The molecule has 1 atom stereocenters. The van der Waals surface area contributed by atoms with Crippen LogP contribution in [0.4, 0.5) is 11.9 Å². The van der Waals surface area contributed by atoms with E-state index in [0.29, 0.717) is 18.4 Å². The molecular formula is C9H15ClN6O. The summed E-state index contributed by atoms with van der Waals surface area (Å²) in [5.41, 5.74) is 0. The van der Waals surface area contributed by atoms with Crippen LogP contribution >= 0.6 is 11.6 Å². The molecule has 0 aliphatic heterocycles. The molecule has 1 aromatic rings. The van der Waals surface area contributed by atoms with Gasteiger partial charge in [-0.15, -0.1) is 0 Å². The minimum atomic E-state index is -0.0807. The van der Waals surface area contributed by atoms with Gasteiger partial charge >= 0.3 is 0 Å². The molecule has 94 valence electrons. The highest BCUT2D eigenvalue weighted by Crippen LogP contribution is 2.09. The van der Waals surface area contributed by atoms with Crippen molar-refractivity contribution in [2.75, 3.05) is 24.3 Å². The van der Waals surface area contributed by atoms with Crippen LogP contribution in [0.3, 0.4) is 0 Å². The van der Waals surface area contributed by atoms with E-state index in [1.807, 2.05) is 13.8 Å². The van der Waals surface area contributed by atoms with Gasteiger partial charge in [-0.1, -0.05) is 5.16 Å². The zero-order chi connectivity index (χ0) is 12.7. The van der Waals surface area contributed by atoms with Gasteiger partial charge in [-0.2, -0.15) is 15.0 Å². The quantitative estimate of drug-likeness (QED) is 0.593. The Labute approximate surface area is 105 Å². The van der Waals surface area contributed by atoms with Crippen LogP contribution in [0, 0.1) is 0 Å². The van der Waals surface area contributed by atoms with Crippen LogP contribution < -0.4 is 10.6 Å². The van der Waals surface area contributed by atoms with E-state index in [2.05, 4.69) is 35.6 Å². The number of nitrogens with one attached hydrogen (secondary N) is 2. The van der Waals surface area contributed by atoms with Crippen molar-refractivity contribution in [2.45, 2.75) is 19.9 Å². The molecule has 1 aromatic heterocycles. The number of anilines is 2. The molecular weight excluding hydrogens is 244 g/mol. The van der Waals surface area contributed by atoms with Gasteiger partial charge in [-0.25, -0.2) is 0 Å². The van der Waals surface area contributed by atoms with Gasteiger partial charge in [-0.3, -0.25) is 0 Å². The normalized spacial score (nSPS) is 12.5. The number of hydrogen-bond acceptors (Lipinski definition) is 7. The van der Waals surface area contributed by atoms with Gasteiger partial charge in [0.15, 0.2) is 0 Å². The van der Waals surface area contributed by atoms with Crippen molar-refractivity contribution in [3.05, 3.63) is 5.28 Å². The SMILES string of the molecule is CCNc1nc(Cl)nc(NC(C)C=NOC)n1. The maximum absolute atomic E-state index is 5.77. The Morgan fingerprint density at radius 3 is 2.76 bits per heavy atom. The number of halogens is 1. The Morgan fingerprint density at radius 2 is 2.12 bits per heavy atom. The topological polar surface area (TPSA) is 84.3 Å². The summed E-state index contributed by atoms with van der Waals surface area (Å²) < 4.78 is 0. The highest BCUT2D eigenvalue weighted by Gasteiger charge is 2.06. The molecule has 1 heterocycles. The van der Waals surface area contributed by atoms with Gasteiger partial charge in [0.1, 0.15) is 7.11 Å². The van der Waals surface area contributed by atoms with Crippen LogP contribution in [0.15, 0.2) is 5.16 Å². The van der Waals surface area contributed by atoms with E-state index in [0.717, 1.165) is 0 Å². The molecule has 2 N–H and O–H groups in total. The third kappa shape index (κ3) is 4.81. The minimum absolute atomic E-state index is 0.0807. The molecule has 1 rings (SSSR count). The van der Waals surface area contributed by atoms with Gasteiger partial charge in [0.2, 0.25) is 17.2 Å². The average Bonchev–Trinajstić information content (AvgIpc) is 2.26. The summed E-state index contributed by atoms with van der Waals surface area (Å²) in [4.78, 5) is 16.6. The van der Waals surface area contributed by atoms with Crippen molar-refractivity contribution in [3.63, 3.8) is 0 Å². The second-order valence-electron chi connectivity index (χ2n) is 3.15. The summed E-state index contributed by atoms with van der Waals surface area (Å²) in [7, 11) is 1.48. The molecule has 0 aliphatic carbocycles. The van der Waals surface area contributed by atoms with Gasteiger partial charge in [0.25, 0.3) is 0 Å². The molecule has 0 radical (unpaired) electrons. The fraction of sp³-hybridized carbons (Fsp3) is 0.556. The highest BCUT2D eigenvalue weighted by molar-refractivity contribution is 6.28. The molecule has 17 heavy (non-hydrogen) atoms. The van der Waals surface area contributed by atoms with Gasteiger partial charge in [0.05, 0.1) is 12.3 Å². The largest absolute Gasteiger partial charge is 0.399 e. The first-order valence-corrected chi connectivity index (χ1v) is 5.52. The second-order valence-corrected chi connectivity index (χ2v) is 3.49. The van der Waals surface area contributed by atoms with Gasteiger partial charge in [0, 0.05) is 6.54 Å². The van der Waals surface area contributed by atoms with E-state index in [1.165, 1.54) is 7.11 Å². The monoisotopic (exact) mass is 258 g/mol. The molecule has 7 nitrogen and oxygen atoms in total. The van der Waals surface area contributed by atoms with Crippen molar-refractivity contribution >= 4 is 29.7 Å². The Morgan fingerprint density at radius 1 is 1.41 bits per heavy atom. The fourth-order valence-corrected chi connectivity index (χ4v) is 1.20. The minimum Gasteiger partial charge on any atom is -0.399 e. The lowest BCUT2D eigenvalue weighted by Gasteiger charge is -2.09. The standard InChI is InChI=1S/C9H15ClN6O/c1-4-11-8-14-7(10)15-9(16-8)13-6(2)5-12-17-3/h5-6H,4H2,1-3H3,(H2,11,13,14,15,16). The first-order chi connectivity index (χ1) is 8.15. The van der Waals surface area contributed by atoms with Crippen LogP contribution in [-0.4, -0.2) is 40.9 Å². The molecule has 0 aromatic carbocycles. The van der Waals surface area contributed by atoms with E-state index < -0.39 is 0 Å². The van der Waals surface area contributed by atoms with E-state index in [9.17, 15) is 0 Å². The smallest absolute Gasteiger partial charge is 0.229 e. The van der Waals surface area contributed by atoms with E-state index in [1.54, 1.807) is 6.21 Å². The fourth-order valence-electron chi connectivity index (χ4n) is 1.04. The number of aromatic nitrogens is 3. The summed E-state index contributed by atoms with van der Waals surface area (Å²) >= 11 is 5.77. The first kappa shape index (κ1) is 13.4. The Bertz CT molecular complexity index is 386. The van der Waals surface area contributed by atoms with Crippen molar-refractivity contribution in [1.82, 2.24) is 15.0 Å². The lowest BCUT2D eigenvalue weighted by molar-refractivity contribution is 0.214. The van der Waals surface area contributed by atoms with Crippen molar-refractivity contribution in [1.29, 1.82) is 0 Å². The maximum atomic E-state index is 5.77. The molecule has 8 heteroatoms. The summed E-state index contributed by atoms with van der Waals surface area (Å²) in [6.07, 6.45) is 1.59. The molecule has 0 saturated carbocycles. The zero-order valence-electron chi connectivity index (χ0n) is 9.94. The number of oxime groups is 1. The third-order valence-corrected chi connectivity index (χ3v) is 1.86. The molecule has 0 aliphatic rings. The molecule has 0 spiro atoms. The highest BCUT2D eigenvalue weighted by atomic mass is 35.5. The van der Waals surface area contributed by atoms with Crippen LogP contribution in [0.2, 0.25) is 5.28 Å². The van der Waals surface area contributed by atoms with Gasteiger partial charge in [-0.05, 0) is 25.4 Å². The predicted molar refractivity (Wildman–Crippen MR) is 67.6 cm³/mol. The molecule has 0 bridgehead atoms. The Kier molecular flexibility index (Phi) is 5.41. The van der Waals surface area contributed by atoms with Crippen LogP contribution in [-0.2, 0) is 4.84 Å². The lowest BCUT2D eigenvalue weighted by atomic mass is 10.4. The van der Waals surface area contributed by atoms with Gasteiger partial charge < -0.3 is 15.5 Å². The van der Waals surface area contributed by atoms with E-state index >= 15 is 0 Å². The Hall–Kier alpha value is -1.63.